The Bertz CT molecular complexity index is 778. The van der Waals surface area contributed by atoms with Gasteiger partial charge in [0.1, 0.15) is 0 Å². The van der Waals surface area contributed by atoms with Crippen molar-refractivity contribution in [2.45, 2.75) is 13.8 Å². The van der Waals surface area contributed by atoms with Crippen molar-refractivity contribution in [3.8, 4) is 0 Å². The second-order valence-corrected chi connectivity index (χ2v) is 5.05. The molecule has 0 unspecified atom stereocenters. The number of anilines is 3. The molecule has 100 valence electrons. The average Bonchev–Trinajstić information content (AvgIpc) is 2.44. The van der Waals surface area contributed by atoms with E-state index in [4.69, 9.17) is 5.73 Å². The minimum absolute atomic E-state index is 0.656. The standard InChI is InChI=1S/C17H17N3/c1-11-7-8-15(12(2)9-11)20-17-13-5-3-4-6-16(13)19-10-14(17)18/h3-10H,18H2,1-2H3,(H,19,20). The van der Waals surface area contributed by atoms with Crippen molar-refractivity contribution >= 4 is 28.0 Å². The van der Waals surface area contributed by atoms with Crippen LogP contribution >= 0.6 is 0 Å². The van der Waals surface area contributed by atoms with Crippen molar-refractivity contribution in [3.05, 3.63) is 59.8 Å². The molecule has 0 saturated heterocycles. The second-order valence-electron chi connectivity index (χ2n) is 5.05. The molecule has 3 N–H and O–H groups in total. The number of para-hydroxylation sites is 1. The lowest BCUT2D eigenvalue weighted by Gasteiger charge is -2.14. The average molecular weight is 263 g/mol. The smallest absolute Gasteiger partial charge is 0.0746 e. The normalized spacial score (nSPS) is 10.7. The van der Waals surface area contributed by atoms with E-state index < -0.39 is 0 Å². The fourth-order valence-electron chi connectivity index (χ4n) is 2.38. The van der Waals surface area contributed by atoms with Crippen LogP contribution in [0.2, 0.25) is 0 Å². The zero-order chi connectivity index (χ0) is 14.1. The first kappa shape index (κ1) is 12.5. The van der Waals surface area contributed by atoms with Crippen LogP contribution < -0.4 is 11.1 Å². The minimum atomic E-state index is 0.656. The quantitative estimate of drug-likeness (QED) is 0.729. The maximum atomic E-state index is 6.09. The molecule has 0 saturated carbocycles. The van der Waals surface area contributed by atoms with E-state index in [0.29, 0.717) is 5.69 Å². The third-order valence-corrected chi connectivity index (χ3v) is 3.45. The van der Waals surface area contributed by atoms with Crippen molar-refractivity contribution in [2.24, 2.45) is 0 Å². The summed E-state index contributed by atoms with van der Waals surface area (Å²) in [6.45, 7) is 4.18. The number of benzene rings is 2. The number of nitrogens with zero attached hydrogens (tertiary/aromatic N) is 1. The molecule has 0 amide bonds. The van der Waals surface area contributed by atoms with E-state index in [9.17, 15) is 0 Å². The third kappa shape index (κ3) is 2.18. The molecule has 0 radical (unpaired) electrons. The van der Waals surface area contributed by atoms with E-state index in [0.717, 1.165) is 22.3 Å². The van der Waals surface area contributed by atoms with E-state index in [-0.39, 0.29) is 0 Å². The number of aromatic nitrogens is 1. The predicted molar refractivity (Wildman–Crippen MR) is 85.4 cm³/mol. The van der Waals surface area contributed by atoms with Gasteiger partial charge in [-0.3, -0.25) is 4.98 Å². The van der Waals surface area contributed by atoms with Crippen LogP contribution in [0.15, 0.2) is 48.7 Å². The predicted octanol–water partition coefficient (Wildman–Crippen LogP) is 4.18. The van der Waals surface area contributed by atoms with Crippen LogP contribution in [0.1, 0.15) is 11.1 Å². The highest BCUT2D eigenvalue weighted by Crippen LogP contribution is 2.31. The summed E-state index contributed by atoms with van der Waals surface area (Å²) in [6, 6.07) is 14.3. The van der Waals surface area contributed by atoms with Crippen molar-refractivity contribution in [1.29, 1.82) is 0 Å². The molecule has 0 aliphatic carbocycles. The molecule has 3 aromatic rings. The van der Waals surface area contributed by atoms with Gasteiger partial charge in [-0.25, -0.2) is 0 Å². The number of aryl methyl sites for hydroxylation is 2. The Kier molecular flexibility index (Phi) is 3.03. The number of nitrogens with two attached hydrogens (primary N) is 1. The van der Waals surface area contributed by atoms with Crippen LogP contribution in [-0.2, 0) is 0 Å². The van der Waals surface area contributed by atoms with Gasteiger partial charge < -0.3 is 11.1 Å². The summed E-state index contributed by atoms with van der Waals surface area (Å²) < 4.78 is 0. The number of fused-ring (bicyclic) bond motifs is 1. The maximum Gasteiger partial charge on any atom is 0.0746 e. The summed E-state index contributed by atoms with van der Waals surface area (Å²) in [4.78, 5) is 4.35. The Balaban J connectivity index is 2.12. The first-order valence-electron chi connectivity index (χ1n) is 6.62. The Hall–Kier alpha value is -2.55. The summed E-state index contributed by atoms with van der Waals surface area (Å²) in [5.74, 6) is 0. The molecular formula is C17H17N3. The number of hydrogen-bond donors (Lipinski definition) is 2. The highest BCUT2D eigenvalue weighted by atomic mass is 14.9. The van der Waals surface area contributed by atoms with Gasteiger partial charge >= 0.3 is 0 Å². The van der Waals surface area contributed by atoms with Crippen molar-refractivity contribution < 1.29 is 0 Å². The second kappa shape index (κ2) is 4.85. The van der Waals surface area contributed by atoms with Gasteiger partial charge in [0.15, 0.2) is 0 Å². The molecule has 20 heavy (non-hydrogen) atoms. The number of rotatable bonds is 2. The van der Waals surface area contributed by atoms with Gasteiger partial charge in [0, 0.05) is 11.1 Å². The lowest BCUT2D eigenvalue weighted by molar-refractivity contribution is 1.36. The molecule has 0 fully saturated rings. The molecule has 0 aliphatic rings. The molecule has 0 atom stereocenters. The highest BCUT2D eigenvalue weighted by Gasteiger charge is 2.08. The fourth-order valence-corrected chi connectivity index (χ4v) is 2.38. The van der Waals surface area contributed by atoms with E-state index in [2.05, 4.69) is 42.3 Å². The number of hydrogen-bond acceptors (Lipinski definition) is 3. The maximum absolute atomic E-state index is 6.09. The SMILES string of the molecule is Cc1ccc(Nc2c(N)cnc3ccccc23)c(C)c1. The van der Waals surface area contributed by atoms with Gasteiger partial charge in [-0.15, -0.1) is 0 Å². The molecule has 2 aromatic carbocycles. The molecule has 3 rings (SSSR count). The molecule has 1 aromatic heterocycles. The van der Waals surface area contributed by atoms with Gasteiger partial charge in [-0.05, 0) is 31.5 Å². The zero-order valence-electron chi connectivity index (χ0n) is 11.6. The first-order valence-corrected chi connectivity index (χ1v) is 6.62. The van der Waals surface area contributed by atoms with Crippen molar-refractivity contribution in [3.63, 3.8) is 0 Å². The third-order valence-electron chi connectivity index (χ3n) is 3.45. The summed E-state index contributed by atoms with van der Waals surface area (Å²) in [5, 5.41) is 4.48. The number of pyridine rings is 1. The first-order chi connectivity index (χ1) is 9.65. The van der Waals surface area contributed by atoms with Gasteiger partial charge in [0.05, 0.1) is 23.1 Å². The largest absolute Gasteiger partial charge is 0.396 e. The highest BCUT2D eigenvalue weighted by molar-refractivity contribution is 5.98. The van der Waals surface area contributed by atoms with E-state index >= 15 is 0 Å². The monoisotopic (exact) mass is 263 g/mol. The minimum Gasteiger partial charge on any atom is -0.396 e. The molecule has 0 bridgehead atoms. The van der Waals surface area contributed by atoms with E-state index in [1.807, 2.05) is 24.3 Å². The summed E-state index contributed by atoms with van der Waals surface area (Å²) in [6.07, 6.45) is 1.70. The Morgan fingerprint density at radius 2 is 1.85 bits per heavy atom. The summed E-state index contributed by atoms with van der Waals surface area (Å²) in [5.41, 5.74) is 12.1. The lowest BCUT2D eigenvalue weighted by atomic mass is 10.1. The molecule has 0 spiro atoms. The topological polar surface area (TPSA) is 50.9 Å². The number of nitrogen functional groups attached to an aromatic ring is 1. The van der Waals surface area contributed by atoms with Gasteiger partial charge in [-0.1, -0.05) is 35.9 Å². The van der Waals surface area contributed by atoms with Crippen LogP contribution in [-0.4, -0.2) is 4.98 Å². The van der Waals surface area contributed by atoms with Crippen LogP contribution in [0, 0.1) is 13.8 Å². The van der Waals surface area contributed by atoms with Crippen LogP contribution in [0.3, 0.4) is 0 Å². The van der Waals surface area contributed by atoms with Crippen LogP contribution in [0.25, 0.3) is 10.9 Å². The van der Waals surface area contributed by atoms with Gasteiger partial charge in [0.25, 0.3) is 0 Å². The van der Waals surface area contributed by atoms with E-state index in [1.54, 1.807) is 6.20 Å². The van der Waals surface area contributed by atoms with Crippen LogP contribution in [0.5, 0.6) is 0 Å². The van der Waals surface area contributed by atoms with Gasteiger partial charge in [0.2, 0.25) is 0 Å². The Morgan fingerprint density at radius 1 is 1.05 bits per heavy atom. The fraction of sp³-hybridized carbons (Fsp3) is 0.118. The summed E-state index contributed by atoms with van der Waals surface area (Å²) in [7, 11) is 0. The number of nitrogens with one attached hydrogen (secondary N) is 1. The molecule has 0 aliphatic heterocycles. The lowest BCUT2D eigenvalue weighted by Crippen LogP contribution is -2.00. The summed E-state index contributed by atoms with van der Waals surface area (Å²) >= 11 is 0. The van der Waals surface area contributed by atoms with Crippen molar-refractivity contribution in [2.75, 3.05) is 11.1 Å². The van der Waals surface area contributed by atoms with Gasteiger partial charge in [-0.2, -0.15) is 0 Å². The molecular weight excluding hydrogens is 246 g/mol. The Labute approximate surface area is 118 Å². The molecule has 3 nitrogen and oxygen atoms in total. The van der Waals surface area contributed by atoms with E-state index in [1.165, 1.54) is 11.1 Å². The molecule has 3 heteroatoms. The molecule has 1 heterocycles. The zero-order valence-corrected chi connectivity index (χ0v) is 11.6. The van der Waals surface area contributed by atoms with Crippen molar-refractivity contribution in [1.82, 2.24) is 4.98 Å². The van der Waals surface area contributed by atoms with Crippen LogP contribution in [0.4, 0.5) is 17.1 Å². The Morgan fingerprint density at radius 3 is 2.65 bits per heavy atom.